The van der Waals surface area contributed by atoms with E-state index >= 15 is 0 Å². The van der Waals surface area contributed by atoms with E-state index in [0.717, 1.165) is 61.5 Å². The lowest BCUT2D eigenvalue weighted by molar-refractivity contribution is -0.909. The van der Waals surface area contributed by atoms with E-state index in [1.54, 1.807) is 12.0 Å². The molecule has 0 spiro atoms. The SMILES string of the molecule is COc1cc(C[NH2+]CCC[NH+]2CCOCC2)ccc1OCc1ccc(Cl)cc1. The quantitative estimate of drug-likeness (QED) is 0.585. The van der Waals surface area contributed by atoms with Crippen molar-refractivity contribution in [1.29, 1.82) is 0 Å². The van der Waals surface area contributed by atoms with Gasteiger partial charge in [-0.05, 0) is 35.9 Å². The van der Waals surface area contributed by atoms with Crippen LogP contribution in [0.4, 0.5) is 0 Å². The first-order valence-corrected chi connectivity index (χ1v) is 10.4. The van der Waals surface area contributed by atoms with Gasteiger partial charge in [0.25, 0.3) is 0 Å². The molecule has 28 heavy (non-hydrogen) atoms. The van der Waals surface area contributed by atoms with Gasteiger partial charge in [0.15, 0.2) is 11.5 Å². The second-order valence-corrected chi connectivity index (χ2v) is 7.58. The Hall–Kier alpha value is -1.79. The topological polar surface area (TPSA) is 48.7 Å². The van der Waals surface area contributed by atoms with Gasteiger partial charge in [0.2, 0.25) is 0 Å². The predicted octanol–water partition coefficient (Wildman–Crippen LogP) is 1.30. The molecule has 1 aliphatic rings. The van der Waals surface area contributed by atoms with Gasteiger partial charge < -0.3 is 24.4 Å². The zero-order chi connectivity index (χ0) is 19.6. The Morgan fingerprint density at radius 2 is 1.79 bits per heavy atom. The Balaban J connectivity index is 1.42. The molecule has 0 aromatic heterocycles. The number of ether oxygens (including phenoxy) is 3. The van der Waals surface area contributed by atoms with Crippen LogP contribution in [-0.2, 0) is 17.9 Å². The molecular formula is C22H31ClN2O3+2. The summed E-state index contributed by atoms with van der Waals surface area (Å²) in [5.41, 5.74) is 2.32. The van der Waals surface area contributed by atoms with Gasteiger partial charge >= 0.3 is 0 Å². The molecule has 0 atom stereocenters. The number of hydrogen-bond donors (Lipinski definition) is 2. The highest BCUT2D eigenvalue weighted by molar-refractivity contribution is 6.30. The largest absolute Gasteiger partial charge is 0.493 e. The van der Waals surface area contributed by atoms with Crippen LogP contribution in [0.2, 0.25) is 5.02 Å². The Labute approximate surface area is 172 Å². The number of benzene rings is 2. The Bertz CT molecular complexity index is 718. The summed E-state index contributed by atoms with van der Waals surface area (Å²) in [6.45, 7) is 7.93. The number of rotatable bonds is 10. The standard InChI is InChI=1S/C22H29ClN2O3/c1-26-22-15-19(16-24-9-2-10-25-11-13-27-14-12-25)5-8-21(22)28-17-18-3-6-20(23)7-4-18/h3-8,15,24H,2,9-14,16-17H2,1H3/p+2. The number of methoxy groups -OCH3 is 1. The molecule has 0 bridgehead atoms. The molecule has 2 aromatic rings. The van der Waals surface area contributed by atoms with E-state index in [2.05, 4.69) is 17.4 Å². The van der Waals surface area contributed by atoms with E-state index in [-0.39, 0.29) is 0 Å². The minimum absolute atomic E-state index is 0.489. The Morgan fingerprint density at radius 1 is 1.04 bits per heavy atom. The summed E-state index contributed by atoms with van der Waals surface area (Å²) in [4.78, 5) is 1.67. The lowest BCUT2D eigenvalue weighted by Gasteiger charge is -2.23. The van der Waals surface area contributed by atoms with Crippen molar-refractivity contribution in [3.05, 3.63) is 58.6 Å². The van der Waals surface area contributed by atoms with Crippen molar-refractivity contribution in [3.8, 4) is 11.5 Å². The Morgan fingerprint density at radius 3 is 2.54 bits per heavy atom. The molecule has 0 radical (unpaired) electrons. The highest BCUT2D eigenvalue weighted by atomic mass is 35.5. The van der Waals surface area contributed by atoms with Crippen molar-refractivity contribution in [2.45, 2.75) is 19.6 Å². The number of nitrogens with two attached hydrogens (primary N) is 1. The van der Waals surface area contributed by atoms with Crippen LogP contribution in [0.1, 0.15) is 17.5 Å². The van der Waals surface area contributed by atoms with Gasteiger partial charge in [-0.2, -0.15) is 0 Å². The number of nitrogens with one attached hydrogen (secondary N) is 1. The second-order valence-electron chi connectivity index (χ2n) is 7.15. The smallest absolute Gasteiger partial charge is 0.161 e. The minimum Gasteiger partial charge on any atom is -0.493 e. The van der Waals surface area contributed by atoms with Gasteiger partial charge in [-0.25, -0.2) is 0 Å². The van der Waals surface area contributed by atoms with E-state index in [0.29, 0.717) is 6.61 Å². The highest BCUT2D eigenvalue weighted by Gasteiger charge is 2.13. The molecule has 1 heterocycles. The van der Waals surface area contributed by atoms with Crippen molar-refractivity contribution < 1.29 is 24.4 Å². The van der Waals surface area contributed by atoms with Crippen LogP contribution in [0.15, 0.2) is 42.5 Å². The van der Waals surface area contributed by atoms with E-state index in [1.807, 2.05) is 30.3 Å². The summed E-state index contributed by atoms with van der Waals surface area (Å²) in [5.74, 6) is 1.54. The first-order chi connectivity index (χ1) is 13.7. The lowest BCUT2D eigenvalue weighted by Crippen LogP contribution is -3.14. The summed E-state index contributed by atoms with van der Waals surface area (Å²) in [5, 5.41) is 3.09. The molecule has 0 aliphatic carbocycles. The molecule has 5 nitrogen and oxygen atoms in total. The molecule has 1 aliphatic heterocycles. The summed E-state index contributed by atoms with van der Waals surface area (Å²) in [7, 11) is 1.68. The van der Waals surface area contributed by atoms with Gasteiger partial charge in [0.1, 0.15) is 26.2 Å². The van der Waals surface area contributed by atoms with Crippen molar-refractivity contribution in [2.24, 2.45) is 0 Å². The third-order valence-corrected chi connectivity index (χ3v) is 5.31. The molecule has 3 N–H and O–H groups in total. The van der Waals surface area contributed by atoms with Crippen molar-refractivity contribution in [3.63, 3.8) is 0 Å². The number of morpholine rings is 1. The van der Waals surface area contributed by atoms with Crippen molar-refractivity contribution in [2.75, 3.05) is 46.5 Å². The highest BCUT2D eigenvalue weighted by Crippen LogP contribution is 2.28. The van der Waals surface area contributed by atoms with Crippen molar-refractivity contribution >= 4 is 11.6 Å². The normalized spacial score (nSPS) is 14.8. The number of hydrogen-bond acceptors (Lipinski definition) is 3. The predicted molar refractivity (Wildman–Crippen MR) is 110 cm³/mol. The lowest BCUT2D eigenvalue weighted by atomic mass is 10.2. The maximum Gasteiger partial charge on any atom is 0.161 e. The zero-order valence-corrected chi connectivity index (χ0v) is 17.3. The molecule has 1 saturated heterocycles. The maximum atomic E-state index is 5.93. The second kappa shape index (κ2) is 11.3. The van der Waals surface area contributed by atoms with Crippen LogP contribution in [-0.4, -0.2) is 46.5 Å². The first-order valence-electron chi connectivity index (χ1n) is 10.0. The summed E-state index contributed by atoms with van der Waals surface area (Å²) in [6.07, 6.45) is 1.23. The van der Waals surface area contributed by atoms with Gasteiger partial charge in [-0.1, -0.05) is 23.7 Å². The average Bonchev–Trinajstić information content (AvgIpc) is 2.74. The summed E-state index contributed by atoms with van der Waals surface area (Å²) >= 11 is 5.92. The molecule has 0 unspecified atom stereocenters. The third-order valence-electron chi connectivity index (χ3n) is 5.05. The zero-order valence-electron chi connectivity index (χ0n) is 16.6. The van der Waals surface area contributed by atoms with Gasteiger partial charge in [0.05, 0.1) is 33.4 Å². The van der Waals surface area contributed by atoms with Crippen molar-refractivity contribution in [1.82, 2.24) is 0 Å². The van der Waals surface area contributed by atoms with Crippen LogP contribution in [0.3, 0.4) is 0 Å². The molecule has 0 amide bonds. The van der Waals surface area contributed by atoms with E-state index in [9.17, 15) is 0 Å². The van der Waals surface area contributed by atoms with Crippen LogP contribution in [0.5, 0.6) is 11.5 Å². The monoisotopic (exact) mass is 406 g/mol. The molecule has 3 rings (SSSR count). The molecule has 2 aromatic carbocycles. The fourth-order valence-electron chi connectivity index (χ4n) is 3.38. The van der Waals surface area contributed by atoms with E-state index in [4.69, 9.17) is 25.8 Å². The molecule has 152 valence electrons. The third kappa shape index (κ3) is 6.67. The minimum atomic E-state index is 0.489. The van der Waals surface area contributed by atoms with Crippen LogP contribution in [0.25, 0.3) is 0 Å². The first kappa shape index (κ1) is 20.9. The fourth-order valence-corrected chi connectivity index (χ4v) is 3.50. The average molecular weight is 407 g/mol. The van der Waals surface area contributed by atoms with E-state index < -0.39 is 0 Å². The van der Waals surface area contributed by atoms with Crippen LogP contribution in [0, 0.1) is 0 Å². The molecule has 6 heteroatoms. The van der Waals surface area contributed by atoms with Gasteiger partial charge in [-0.3, -0.25) is 0 Å². The van der Waals surface area contributed by atoms with E-state index in [1.165, 1.54) is 18.5 Å². The van der Waals surface area contributed by atoms with Gasteiger partial charge in [0, 0.05) is 17.0 Å². The molecular weight excluding hydrogens is 376 g/mol. The summed E-state index contributed by atoms with van der Waals surface area (Å²) in [6, 6.07) is 13.9. The fraction of sp³-hybridized carbons (Fsp3) is 0.455. The maximum absolute atomic E-state index is 5.93. The van der Waals surface area contributed by atoms with Gasteiger partial charge in [-0.15, -0.1) is 0 Å². The van der Waals surface area contributed by atoms with Crippen LogP contribution >= 0.6 is 11.6 Å². The Kier molecular flexibility index (Phi) is 8.42. The van der Waals surface area contributed by atoms with Crippen LogP contribution < -0.4 is 19.7 Å². The number of halogens is 1. The molecule has 0 saturated carbocycles. The summed E-state index contributed by atoms with van der Waals surface area (Å²) < 4.78 is 16.9. The number of quaternary nitrogens is 2. The molecule has 1 fully saturated rings.